The fraction of sp³-hybridized carbons (Fsp3) is 0.458. The van der Waals surface area contributed by atoms with E-state index in [9.17, 15) is 4.79 Å². The fourth-order valence-corrected chi connectivity index (χ4v) is 4.55. The van der Waals surface area contributed by atoms with Gasteiger partial charge in [0.05, 0.1) is 12.9 Å². The molecule has 1 aliphatic rings. The molecule has 1 aromatic carbocycles. The highest BCUT2D eigenvalue weighted by Gasteiger charge is 2.22. The predicted molar refractivity (Wildman–Crippen MR) is 126 cm³/mol. The lowest BCUT2D eigenvalue weighted by molar-refractivity contribution is -0.118. The van der Waals surface area contributed by atoms with Gasteiger partial charge in [0.25, 0.3) is 0 Å². The number of primary amides is 1. The molecule has 3 aromatic rings. The van der Waals surface area contributed by atoms with Gasteiger partial charge in [-0.2, -0.15) is 0 Å². The largest absolute Gasteiger partial charge is 0.461 e. The summed E-state index contributed by atoms with van der Waals surface area (Å²) in [5.74, 6) is 1.66. The van der Waals surface area contributed by atoms with Gasteiger partial charge in [-0.15, -0.1) is 5.10 Å². The second-order valence-electron chi connectivity index (χ2n) is 8.68. The third-order valence-corrected chi connectivity index (χ3v) is 6.68. The number of likely N-dealkylation sites (tertiary alicyclic amines) is 1. The van der Waals surface area contributed by atoms with Crippen molar-refractivity contribution in [3.05, 3.63) is 58.6 Å². The van der Waals surface area contributed by atoms with Crippen molar-refractivity contribution in [3.8, 4) is 11.6 Å². The summed E-state index contributed by atoms with van der Waals surface area (Å²) < 4.78 is 9.79. The molecule has 170 valence electrons. The molecule has 4 rings (SSSR count). The van der Waals surface area contributed by atoms with Gasteiger partial charge in [-0.1, -0.05) is 29.8 Å². The number of hydrogen-bond donors (Lipinski definition) is 1. The van der Waals surface area contributed by atoms with Gasteiger partial charge >= 0.3 is 0 Å². The first-order valence-corrected chi connectivity index (χ1v) is 11.7. The number of carbonyl (C=O) groups excluding carboxylic acids is 1. The van der Waals surface area contributed by atoms with Gasteiger partial charge in [-0.05, 0) is 68.4 Å². The number of rotatable bonds is 9. The molecule has 0 spiro atoms. The minimum atomic E-state index is -0.363. The molecule has 1 saturated heterocycles. The number of piperidine rings is 1. The molecule has 3 heterocycles. The molecule has 0 aliphatic carbocycles. The molecule has 1 amide bonds. The van der Waals surface area contributed by atoms with Crippen LogP contribution in [-0.4, -0.2) is 38.2 Å². The van der Waals surface area contributed by atoms with Crippen LogP contribution < -0.4 is 5.73 Å². The van der Waals surface area contributed by atoms with Crippen LogP contribution in [0.3, 0.4) is 0 Å². The van der Waals surface area contributed by atoms with Crippen molar-refractivity contribution >= 4 is 18.1 Å². The van der Waals surface area contributed by atoms with E-state index in [0.29, 0.717) is 29.6 Å². The molecule has 0 unspecified atom stereocenters. The lowest BCUT2D eigenvalue weighted by Crippen LogP contribution is -2.35. The van der Waals surface area contributed by atoms with Crippen molar-refractivity contribution in [2.75, 3.05) is 13.1 Å². The van der Waals surface area contributed by atoms with Crippen molar-refractivity contribution in [1.82, 2.24) is 19.2 Å². The van der Waals surface area contributed by atoms with Crippen molar-refractivity contribution in [2.45, 2.75) is 52.2 Å². The highest BCUT2D eigenvalue weighted by Crippen LogP contribution is 2.24. The zero-order valence-electron chi connectivity index (χ0n) is 18.6. The SMILES string of the molecule is Cc1ccc(CCC2CCN(Cn3nc(-c4ccco4)n(CCC(N)=O)c3=S)CC2)cc1. The molecule has 7 nitrogen and oxygen atoms in total. The second-order valence-corrected chi connectivity index (χ2v) is 9.04. The lowest BCUT2D eigenvalue weighted by Gasteiger charge is -2.31. The van der Waals surface area contributed by atoms with E-state index in [2.05, 4.69) is 36.1 Å². The number of nitrogens with zero attached hydrogens (tertiary/aromatic N) is 4. The quantitative estimate of drug-likeness (QED) is 0.492. The monoisotopic (exact) mass is 453 g/mol. The number of furan rings is 1. The Balaban J connectivity index is 1.36. The van der Waals surface area contributed by atoms with E-state index in [0.717, 1.165) is 25.4 Å². The number of benzene rings is 1. The molecule has 0 atom stereocenters. The van der Waals surface area contributed by atoms with Crippen LogP contribution >= 0.6 is 12.2 Å². The average molecular weight is 454 g/mol. The molecule has 2 aromatic heterocycles. The zero-order valence-corrected chi connectivity index (χ0v) is 19.4. The van der Waals surface area contributed by atoms with Gasteiger partial charge in [0.15, 0.2) is 16.4 Å². The summed E-state index contributed by atoms with van der Waals surface area (Å²) in [6.45, 7) is 5.23. The van der Waals surface area contributed by atoms with E-state index < -0.39 is 0 Å². The number of carbonyl (C=O) groups is 1. The van der Waals surface area contributed by atoms with Gasteiger partial charge in [0, 0.05) is 26.1 Å². The summed E-state index contributed by atoms with van der Waals surface area (Å²) in [4.78, 5) is 13.7. The molecule has 2 N–H and O–H groups in total. The summed E-state index contributed by atoms with van der Waals surface area (Å²) in [6, 6.07) is 12.6. The zero-order chi connectivity index (χ0) is 22.5. The summed E-state index contributed by atoms with van der Waals surface area (Å²) in [5.41, 5.74) is 8.09. The summed E-state index contributed by atoms with van der Waals surface area (Å²) in [7, 11) is 0. The number of nitrogens with two attached hydrogens (primary N) is 1. The Morgan fingerprint density at radius 3 is 2.62 bits per heavy atom. The van der Waals surface area contributed by atoms with Crippen LogP contribution in [-0.2, 0) is 24.4 Å². The second kappa shape index (κ2) is 10.3. The molecule has 0 bridgehead atoms. The number of amides is 1. The van der Waals surface area contributed by atoms with E-state index >= 15 is 0 Å². The molecule has 0 saturated carbocycles. The van der Waals surface area contributed by atoms with Crippen molar-refractivity contribution in [2.24, 2.45) is 11.7 Å². The Morgan fingerprint density at radius 2 is 1.97 bits per heavy atom. The first-order valence-electron chi connectivity index (χ1n) is 11.3. The minimum absolute atomic E-state index is 0.208. The Labute approximate surface area is 193 Å². The molecule has 1 aliphatic heterocycles. The Kier molecular flexibility index (Phi) is 7.22. The van der Waals surface area contributed by atoms with Crippen LogP contribution in [0.25, 0.3) is 11.6 Å². The van der Waals surface area contributed by atoms with Crippen molar-refractivity contribution < 1.29 is 9.21 Å². The van der Waals surface area contributed by atoms with E-state index in [1.807, 2.05) is 21.4 Å². The van der Waals surface area contributed by atoms with Crippen LogP contribution in [0.1, 0.15) is 36.8 Å². The standard InChI is InChI=1S/C24H31N5O2S/c1-18-4-6-19(7-5-18)8-9-20-10-13-27(14-11-20)17-29-24(32)28(15-12-22(25)30)23(26-29)21-3-2-16-31-21/h2-7,16,20H,8-15,17H2,1H3,(H2,25,30). The fourth-order valence-electron chi connectivity index (χ4n) is 4.28. The third kappa shape index (κ3) is 5.55. The average Bonchev–Trinajstić information content (AvgIpc) is 3.42. The first kappa shape index (κ1) is 22.5. The first-order chi connectivity index (χ1) is 15.5. The van der Waals surface area contributed by atoms with Gasteiger partial charge in [-0.25, -0.2) is 4.68 Å². The molecular weight excluding hydrogens is 422 g/mol. The Bertz CT molecular complexity index is 1080. The molecule has 32 heavy (non-hydrogen) atoms. The van der Waals surface area contributed by atoms with E-state index in [4.69, 9.17) is 27.5 Å². The molecule has 0 radical (unpaired) electrons. The highest BCUT2D eigenvalue weighted by atomic mass is 32.1. The summed E-state index contributed by atoms with van der Waals surface area (Å²) >= 11 is 5.68. The Hall–Kier alpha value is -2.71. The maximum absolute atomic E-state index is 11.3. The van der Waals surface area contributed by atoms with E-state index in [-0.39, 0.29) is 12.3 Å². The topological polar surface area (TPSA) is 82.2 Å². The van der Waals surface area contributed by atoms with Crippen LogP contribution in [0.4, 0.5) is 0 Å². The van der Waals surface area contributed by atoms with Crippen LogP contribution in [0.2, 0.25) is 0 Å². The third-order valence-electron chi connectivity index (χ3n) is 6.25. The van der Waals surface area contributed by atoms with E-state index in [1.165, 1.54) is 30.4 Å². The van der Waals surface area contributed by atoms with E-state index in [1.54, 1.807) is 6.26 Å². The maximum Gasteiger partial charge on any atom is 0.219 e. The molecular formula is C24H31N5O2S. The van der Waals surface area contributed by atoms with Gasteiger partial charge < -0.3 is 10.2 Å². The minimum Gasteiger partial charge on any atom is -0.461 e. The van der Waals surface area contributed by atoms with Crippen molar-refractivity contribution in [1.29, 1.82) is 0 Å². The van der Waals surface area contributed by atoms with Crippen LogP contribution in [0.15, 0.2) is 47.1 Å². The van der Waals surface area contributed by atoms with Crippen LogP contribution in [0.5, 0.6) is 0 Å². The normalized spacial score (nSPS) is 15.3. The number of aryl methyl sites for hydroxylation is 2. The number of aromatic nitrogens is 3. The van der Waals surface area contributed by atoms with Crippen LogP contribution in [0, 0.1) is 17.6 Å². The Morgan fingerprint density at radius 1 is 1.22 bits per heavy atom. The predicted octanol–water partition coefficient (Wildman–Crippen LogP) is 4.16. The summed E-state index contributed by atoms with van der Waals surface area (Å²) in [6.07, 6.45) is 6.57. The molecule has 1 fully saturated rings. The number of hydrogen-bond acceptors (Lipinski definition) is 5. The maximum atomic E-state index is 11.3. The summed E-state index contributed by atoms with van der Waals surface area (Å²) in [5, 5.41) is 4.71. The van der Waals surface area contributed by atoms with Crippen molar-refractivity contribution in [3.63, 3.8) is 0 Å². The van der Waals surface area contributed by atoms with Gasteiger partial charge in [-0.3, -0.25) is 14.3 Å². The smallest absolute Gasteiger partial charge is 0.219 e. The molecule has 8 heteroatoms. The lowest BCUT2D eigenvalue weighted by atomic mass is 9.90. The van der Waals surface area contributed by atoms with Gasteiger partial charge in [0.1, 0.15) is 0 Å². The van der Waals surface area contributed by atoms with Gasteiger partial charge in [0.2, 0.25) is 5.91 Å². The highest BCUT2D eigenvalue weighted by molar-refractivity contribution is 7.71.